The first-order chi connectivity index (χ1) is 18.0. The fraction of sp³-hybridized carbons (Fsp3) is 0.481. The van der Waals surface area contributed by atoms with E-state index in [0.717, 1.165) is 62.2 Å². The maximum absolute atomic E-state index is 13.3. The molecular formula is C27H32ClN5O4. The maximum Gasteiger partial charge on any atom is 0.293 e. The van der Waals surface area contributed by atoms with Gasteiger partial charge in [0.15, 0.2) is 17.4 Å². The molecule has 3 aromatic rings. The lowest BCUT2D eigenvalue weighted by atomic mass is 10.0. The smallest absolute Gasteiger partial charge is 0.293 e. The highest BCUT2D eigenvalue weighted by Gasteiger charge is 2.20. The Morgan fingerprint density at radius 3 is 2.76 bits per heavy atom. The van der Waals surface area contributed by atoms with Gasteiger partial charge in [0.1, 0.15) is 11.6 Å². The number of ketones is 1. The maximum atomic E-state index is 13.3. The first kappa shape index (κ1) is 25.5. The molecule has 2 aliphatic heterocycles. The van der Waals surface area contributed by atoms with E-state index in [2.05, 4.69) is 20.2 Å². The van der Waals surface area contributed by atoms with Gasteiger partial charge in [-0.2, -0.15) is 4.98 Å². The number of halogens is 1. The van der Waals surface area contributed by atoms with Crippen molar-refractivity contribution < 1.29 is 14.3 Å². The predicted molar refractivity (Wildman–Crippen MR) is 144 cm³/mol. The van der Waals surface area contributed by atoms with Gasteiger partial charge < -0.3 is 24.3 Å². The number of Topliss-reactive ketones (excluding diaryl/α,β-unsaturated/α-hetero) is 1. The van der Waals surface area contributed by atoms with Crippen molar-refractivity contribution in [3.05, 3.63) is 45.8 Å². The minimum absolute atomic E-state index is 0.0593. The molecule has 0 saturated carbocycles. The molecule has 196 valence electrons. The van der Waals surface area contributed by atoms with Gasteiger partial charge in [-0.15, -0.1) is 0 Å². The standard InChI is InChI=1S/C27H32ClN5O4/c1-2-21(34)17-37-24-13-19-12-20(6-7-23(19)33(26(24)35)11-8-18-15-36-16-18)30-25-22(28)14-29-27(31-25)32-9-4-3-5-10-32/h6-7,12-14,18H,2-5,8-11,15-17H2,1H3,(H,29,30,31). The van der Waals surface area contributed by atoms with Crippen molar-refractivity contribution in [3.8, 4) is 5.75 Å². The Morgan fingerprint density at radius 2 is 2.03 bits per heavy atom. The van der Waals surface area contributed by atoms with Crippen LogP contribution in [0, 0.1) is 5.92 Å². The van der Waals surface area contributed by atoms with E-state index in [4.69, 9.17) is 21.1 Å². The summed E-state index contributed by atoms with van der Waals surface area (Å²) in [6.07, 6.45) is 6.30. The van der Waals surface area contributed by atoms with Gasteiger partial charge in [0.2, 0.25) is 5.95 Å². The molecule has 5 rings (SSSR count). The number of nitrogens with zero attached hydrogens (tertiary/aromatic N) is 4. The fourth-order valence-electron chi connectivity index (χ4n) is 4.62. The van der Waals surface area contributed by atoms with Crippen LogP contribution in [0.15, 0.2) is 35.3 Å². The summed E-state index contributed by atoms with van der Waals surface area (Å²) in [6, 6.07) is 7.46. The molecule has 1 aromatic carbocycles. The van der Waals surface area contributed by atoms with E-state index in [1.807, 2.05) is 18.2 Å². The van der Waals surface area contributed by atoms with Crippen LogP contribution in [0.5, 0.6) is 5.75 Å². The first-order valence-corrected chi connectivity index (χ1v) is 13.3. The number of carbonyl (C=O) groups excluding carboxylic acids is 1. The average Bonchev–Trinajstić information content (AvgIpc) is 2.89. The number of piperidine rings is 1. The quantitative estimate of drug-likeness (QED) is 0.411. The van der Waals surface area contributed by atoms with Crippen molar-refractivity contribution in [2.24, 2.45) is 5.92 Å². The second-order valence-electron chi connectivity index (χ2n) is 9.65. The topological polar surface area (TPSA) is 98.6 Å². The Hall–Kier alpha value is -3.17. The number of hydrogen-bond acceptors (Lipinski definition) is 8. The van der Waals surface area contributed by atoms with Crippen LogP contribution in [0.25, 0.3) is 10.9 Å². The molecular weight excluding hydrogens is 494 g/mol. The van der Waals surface area contributed by atoms with Gasteiger partial charge in [0.25, 0.3) is 5.56 Å². The summed E-state index contributed by atoms with van der Waals surface area (Å²) in [6.45, 7) is 5.52. The van der Waals surface area contributed by atoms with Crippen molar-refractivity contribution in [1.29, 1.82) is 0 Å². The monoisotopic (exact) mass is 525 g/mol. The molecule has 4 heterocycles. The number of rotatable bonds is 10. The third kappa shape index (κ3) is 5.88. The first-order valence-electron chi connectivity index (χ1n) is 13.0. The molecule has 0 amide bonds. The van der Waals surface area contributed by atoms with Crippen LogP contribution in [0.3, 0.4) is 0 Å². The van der Waals surface area contributed by atoms with Crippen molar-refractivity contribution in [1.82, 2.24) is 14.5 Å². The molecule has 0 aliphatic carbocycles. The van der Waals surface area contributed by atoms with Crippen LogP contribution in [0.4, 0.5) is 17.5 Å². The molecule has 2 saturated heterocycles. The highest BCUT2D eigenvalue weighted by Crippen LogP contribution is 2.29. The van der Waals surface area contributed by atoms with Crippen molar-refractivity contribution >= 4 is 45.7 Å². The van der Waals surface area contributed by atoms with E-state index in [-0.39, 0.29) is 23.7 Å². The minimum Gasteiger partial charge on any atom is -0.480 e. The van der Waals surface area contributed by atoms with Crippen LogP contribution in [-0.4, -0.2) is 53.2 Å². The van der Waals surface area contributed by atoms with Crippen LogP contribution >= 0.6 is 11.6 Å². The SMILES string of the molecule is CCC(=O)COc1cc2cc(Nc3nc(N4CCCCC4)ncc3Cl)ccc2n(CCC2COC2)c1=O. The molecule has 0 unspecified atom stereocenters. The van der Waals surface area contributed by atoms with E-state index in [9.17, 15) is 9.59 Å². The molecule has 10 heteroatoms. The lowest BCUT2D eigenvalue weighted by molar-refractivity contribution is -0.120. The third-order valence-corrected chi connectivity index (χ3v) is 7.22. The van der Waals surface area contributed by atoms with Crippen LogP contribution in [0.2, 0.25) is 5.02 Å². The molecule has 2 aromatic heterocycles. The van der Waals surface area contributed by atoms with E-state index in [0.29, 0.717) is 35.7 Å². The Kier molecular flexibility index (Phi) is 7.90. The van der Waals surface area contributed by atoms with Crippen molar-refractivity contribution in [2.45, 2.75) is 45.6 Å². The van der Waals surface area contributed by atoms with Gasteiger partial charge in [-0.1, -0.05) is 18.5 Å². The van der Waals surface area contributed by atoms with Crippen LogP contribution in [0.1, 0.15) is 39.0 Å². The summed E-state index contributed by atoms with van der Waals surface area (Å²) in [7, 11) is 0. The lowest BCUT2D eigenvalue weighted by Crippen LogP contribution is -2.31. The van der Waals surface area contributed by atoms with E-state index in [1.54, 1.807) is 23.8 Å². The number of anilines is 3. The second-order valence-corrected chi connectivity index (χ2v) is 10.1. The number of benzene rings is 1. The summed E-state index contributed by atoms with van der Waals surface area (Å²) < 4.78 is 12.7. The highest BCUT2D eigenvalue weighted by atomic mass is 35.5. The summed E-state index contributed by atoms with van der Waals surface area (Å²) in [5.74, 6) is 1.75. The number of hydrogen-bond donors (Lipinski definition) is 1. The lowest BCUT2D eigenvalue weighted by Gasteiger charge is -2.27. The zero-order chi connectivity index (χ0) is 25.8. The Morgan fingerprint density at radius 1 is 1.22 bits per heavy atom. The van der Waals surface area contributed by atoms with Gasteiger partial charge in [0, 0.05) is 43.0 Å². The number of aryl methyl sites for hydroxylation is 1. The largest absolute Gasteiger partial charge is 0.480 e. The fourth-order valence-corrected chi connectivity index (χ4v) is 4.75. The highest BCUT2D eigenvalue weighted by molar-refractivity contribution is 6.32. The number of carbonyl (C=O) groups is 1. The average molecular weight is 526 g/mol. The summed E-state index contributed by atoms with van der Waals surface area (Å²) in [5.41, 5.74) is 1.33. The van der Waals surface area contributed by atoms with E-state index < -0.39 is 0 Å². The number of ether oxygens (including phenoxy) is 2. The molecule has 0 radical (unpaired) electrons. The number of fused-ring (bicyclic) bond motifs is 1. The molecule has 1 N–H and O–H groups in total. The molecule has 0 spiro atoms. The number of nitrogens with one attached hydrogen (secondary N) is 1. The number of aromatic nitrogens is 3. The molecule has 0 bridgehead atoms. The van der Waals surface area contributed by atoms with Gasteiger partial charge in [-0.3, -0.25) is 9.59 Å². The van der Waals surface area contributed by atoms with E-state index in [1.165, 1.54) is 6.42 Å². The Labute approximate surface area is 220 Å². The van der Waals surface area contributed by atoms with E-state index >= 15 is 0 Å². The van der Waals surface area contributed by atoms with Crippen molar-refractivity contribution in [2.75, 3.05) is 43.1 Å². The molecule has 2 fully saturated rings. The summed E-state index contributed by atoms with van der Waals surface area (Å²) >= 11 is 6.44. The zero-order valence-corrected chi connectivity index (χ0v) is 21.8. The Bertz CT molecular complexity index is 1330. The third-order valence-electron chi connectivity index (χ3n) is 6.94. The van der Waals surface area contributed by atoms with Gasteiger partial charge in [-0.05, 0) is 49.9 Å². The summed E-state index contributed by atoms with van der Waals surface area (Å²) in [4.78, 5) is 36.4. The number of pyridine rings is 1. The molecule has 37 heavy (non-hydrogen) atoms. The molecule has 9 nitrogen and oxygen atoms in total. The van der Waals surface area contributed by atoms with Crippen LogP contribution < -0.4 is 20.5 Å². The molecule has 0 atom stereocenters. The predicted octanol–water partition coefficient (Wildman–Crippen LogP) is 4.57. The van der Waals surface area contributed by atoms with Gasteiger partial charge in [0.05, 0.1) is 24.9 Å². The second kappa shape index (κ2) is 11.5. The Balaban J connectivity index is 1.45. The molecule has 2 aliphatic rings. The normalized spacial score (nSPS) is 16.0. The van der Waals surface area contributed by atoms with Gasteiger partial charge >= 0.3 is 0 Å². The van der Waals surface area contributed by atoms with Crippen molar-refractivity contribution in [3.63, 3.8) is 0 Å². The zero-order valence-electron chi connectivity index (χ0n) is 21.0. The van der Waals surface area contributed by atoms with Crippen LogP contribution in [-0.2, 0) is 16.1 Å². The minimum atomic E-state index is -0.234. The van der Waals surface area contributed by atoms with Gasteiger partial charge in [-0.25, -0.2) is 4.98 Å². The summed E-state index contributed by atoms with van der Waals surface area (Å²) in [5, 5.41) is 4.56.